The maximum absolute atomic E-state index is 12.7. The Morgan fingerprint density at radius 2 is 2.12 bits per heavy atom. The molecule has 138 valence electrons. The van der Waals surface area contributed by atoms with Crippen LogP contribution in [0.3, 0.4) is 0 Å². The van der Waals surface area contributed by atoms with Gasteiger partial charge in [0.1, 0.15) is 5.82 Å². The van der Waals surface area contributed by atoms with Crippen molar-refractivity contribution in [3.63, 3.8) is 0 Å². The third-order valence-corrected chi connectivity index (χ3v) is 4.69. The van der Waals surface area contributed by atoms with Gasteiger partial charge in [0, 0.05) is 55.5 Å². The molecule has 3 rings (SSSR count). The number of hydrogen-bond donors (Lipinski definition) is 1. The second-order valence-corrected chi connectivity index (χ2v) is 7.83. The van der Waals surface area contributed by atoms with Crippen LogP contribution in [0.1, 0.15) is 45.2 Å². The van der Waals surface area contributed by atoms with Crippen molar-refractivity contribution in [2.24, 2.45) is 5.41 Å². The fourth-order valence-corrected chi connectivity index (χ4v) is 3.30. The van der Waals surface area contributed by atoms with Gasteiger partial charge in [-0.15, -0.1) is 0 Å². The number of likely N-dealkylation sites (tertiary alicyclic amines) is 1. The zero-order valence-electron chi connectivity index (χ0n) is 16.0. The van der Waals surface area contributed by atoms with Gasteiger partial charge in [-0.3, -0.25) is 9.78 Å². The van der Waals surface area contributed by atoms with Crippen molar-refractivity contribution in [2.75, 3.05) is 25.5 Å². The molecule has 0 bridgehead atoms. The summed E-state index contributed by atoms with van der Waals surface area (Å²) in [5, 5.41) is 3.12. The molecule has 1 aliphatic heterocycles. The van der Waals surface area contributed by atoms with E-state index in [0.717, 1.165) is 36.5 Å². The lowest BCUT2D eigenvalue weighted by Gasteiger charge is -2.36. The second kappa shape index (κ2) is 7.40. The Kier molecular flexibility index (Phi) is 5.20. The first-order chi connectivity index (χ1) is 12.4. The summed E-state index contributed by atoms with van der Waals surface area (Å²) in [6.07, 6.45) is 5.53. The van der Waals surface area contributed by atoms with Gasteiger partial charge < -0.3 is 10.2 Å². The highest BCUT2D eigenvalue weighted by atomic mass is 16.2. The van der Waals surface area contributed by atoms with Gasteiger partial charge in [0.15, 0.2) is 5.82 Å². The van der Waals surface area contributed by atoms with E-state index in [-0.39, 0.29) is 17.2 Å². The van der Waals surface area contributed by atoms with Gasteiger partial charge >= 0.3 is 0 Å². The van der Waals surface area contributed by atoms with Gasteiger partial charge in [0.25, 0.3) is 0 Å². The fraction of sp³-hybridized carbons (Fsp3) is 0.500. The summed E-state index contributed by atoms with van der Waals surface area (Å²) in [5.74, 6) is 1.88. The van der Waals surface area contributed by atoms with E-state index >= 15 is 0 Å². The topological polar surface area (TPSA) is 71.0 Å². The number of piperidine rings is 1. The molecule has 1 saturated heterocycles. The van der Waals surface area contributed by atoms with Gasteiger partial charge in [0.2, 0.25) is 5.91 Å². The Balaban J connectivity index is 1.89. The van der Waals surface area contributed by atoms with Crippen LogP contribution in [0, 0.1) is 5.41 Å². The highest BCUT2D eigenvalue weighted by molar-refractivity contribution is 5.81. The Morgan fingerprint density at radius 3 is 2.77 bits per heavy atom. The van der Waals surface area contributed by atoms with E-state index < -0.39 is 0 Å². The minimum Gasteiger partial charge on any atom is -0.373 e. The minimum absolute atomic E-state index is 0.206. The average Bonchev–Trinajstić information content (AvgIpc) is 2.67. The monoisotopic (exact) mass is 353 g/mol. The highest BCUT2D eigenvalue weighted by Gasteiger charge is 2.32. The first kappa shape index (κ1) is 18.3. The van der Waals surface area contributed by atoms with Crippen LogP contribution in [0.25, 0.3) is 11.4 Å². The van der Waals surface area contributed by atoms with Gasteiger partial charge in [-0.1, -0.05) is 20.8 Å². The summed E-state index contributed by atoms with van der Waals surface area (Å²) < 4.78 is 0. The molecule has 1 amide bonds. The molecule has 3 heterocycles. The van der Waals surface area contributed by atoms with E-state index in [2.05, 4.69) is 15.3 Å². The maximum atomic E-state index is 12.7. The minimum atomic E-state index is -0.357. The van der Waals surface area contributed by atoms with Crippen molar-refractivity contribution in [3.05, 3.63) is 36.3 Å². The van der Waals surface area contributed by atoms with Crippen molar-refractivity contribution < 1.29 is 4.79 Å². The molecule has 0 radical (unpaired) electrons. The highest BCUT2D eigenvalue weighted by Crippen LogP contribution is 2.30. The van der Waals surface area contributed by atoms with Crippen molar-refractivity contribution in [1.82, 2.24) is 19.9 Å². The number of carbonyl (C=O) groups excluding carboxylic acids is 1. The summed E-state index contributed by atoms with van der Waals surface area (Å²) in [6.45, 7) is 7.46. The quantitative estimate of drug-likeness (QED) is 0.916. The van der Waals surface area contributed by atoms with Crippen LogP contribution >= 0.6 is 0 Å². The number of pyridine rings is 1. The summed E-state index contributed by atoms with van der Waals surface area (Å²) >= 11 is 0. The maximum Gasteiger partial charge on any atom is 0.227 e. The van der Waals surface area contributed by atoms with Crippen molar-refractivity contribution in [2.45, 2.75) is 39.5 Å². The van der Waals surface area contributed by atoms with Gasteiger partial charge in [-0.2, -0.15) is 0 Å². The lowest BCUT2D eigenvalue weighted by Crippen LogP contribution is -2.44. The van der Waals surface area contributed by atoms with Gasteiger partial charge in [0.05, 0.1) is 5.69 Å². The number of anilines is 1. The third-order valence-electron chi connectivity index (χ3n) is 4.69. The number of carbonyl (C=O) groups is 1. The number of nitrogens with zero attached hydrogens (tertiary/aromatic N) is 4. The molecule has 1 N–H and O–H groups in total. The van der Waals surface area contributed by atoms with Gasteiger partial charge in [-0.25, -0.2) is 9.97 Å². The largest absolute Gasteiger partial charge is 0.373 e. The lowest BCUT2D eigenvalue weighted by molar-refractivity contribution is -0.140. The Hall–Kier alpha value is -2.50. The van der Waals surface area contributed by atoms with Crippen molar-refractivity contribution >= 4 is 11.7 Å². The van der Waals surface area contributed by atoms with Crippen LogP contribution in [0.15, 0.2) is 30.6 Å². The first-order valence-electron chi connectivity index (χ1n) is 9.15. The summed E-state index contributed by atoms with van der Waals surface area (Å²) in [7, 11) is 1.86. The predicted molar refractivity (Wildman–Crippen MR) is 103 cm³/mol. The SMILES string of the molecule is CNc1cc([C@@H]2CCCN(C(=O)C(C)(C)C)C2)nc(-c2cccnc2)n1. The van der Waals surface area contributed by atoms with Crippen LogP contribution in [-0.2, 0) is 4.79 Å². The molecule has 6 nitrogen and oxygen atoms in total. The molecule has 2 aromatic heterocycles. The molecule has 1 aliphatic rings. The molecule has 0 spiro atoms. The van der Waals surface area contributed by atoms with Gasteiger partial charge in [-0.05, 0) is 25.0 Å². The molecule has 0 unspecified atom stereocenters. The number of nitrogens with one attached hydrogen (secondary N) is 1. The van der Waals surface area contributed by atoms with E-state index in [4.69, 9.17) is 4.98 Å². The average molecular weight is 353 g/mol. The second-order valence-electron chi connectivity index (χ2n) is 7.83. The molecule has 1 fully saturated rings. The molecule has 26 heavy (non-hydrogen) atoms. The number of aromatic nitrogens is 3. The molecule has 6 heteroatoms. The fourth-order valence-electron chi connectivity index (χ4n) is 3.30. The summed E-state index contributed by atoms with van der Waals surface area (Å²) in [6, 6.07) is 5.84. The zero-order valence-corrected chi connectivity index (χ0v) is 16.0. The van der Waals surface area contributed by atoms with Crippen LogP contribution in [-0.4, -0.2) is 45.9 Å². The Labute approximate surface area is 155 Å². The van der Waals surface area contributed by atoms with E-state index in [1.165, 1.54) is 0 Å². The summed E-state index contributed by atoms with van der Waals surface area (Å²) in [4.78, 5) is 28.2. The lowest BCUT2D eigenvalue weighted by atomic mass is 9.90. The van der Waals surface area contributed by atoms with Crippen LogP contribution in [0.4, 0.5) is 5.82 Å². The van der Waals surface area contributed by atoms with E-state index in [1.807, 2.05) is 50.9 Å². The van der Waals surface area contributed by atoms with E-state index in [1.54, 1.807) is 12.4 Å². The molecule has 0 saturated carbocycles. The third kappa shape index (κ3) is 4.00. The number of rotatable bonds is 3. The van der Waals surface area contributed by atoms with E-state index in [0.29, 0.717) is 12.4 Å². The zero-order chi connectivity index (χ0) is 18.7. The van der Waals surface area contributed by atoms with Crippen molar-refractivity contribution in [1.29, 1.82) is 0 Å². The molecule has 0 aliphatic carbocycles. The van der Waals surface area contributed by atoms with Crippen LogP contribution < -0.4 is 5.32 Å². The van der Waals surface area contributed by atoms with E-state index in [9.17, 15) is 4.79 Å². The Bertz CT molecular complexity index is 770. The normalized spacial score (nSPS) is 17.8. The molecule has 2 aromatic rings. The summed E-state index contributed by atoms with van der Waals surface area (Å²) in [5.41, 5.74) is 1.52. The number of amides is 1. The predicted octanol–water partition coefficient (Wildman–Crippen LogP) is 3.33. The molecular formula is C20H27N5O. The van der Waals surface area contributed by atoms with Crippen molar-refractivity contribution in [3.8, 4) is 11.4 Å². The van der Waals surface area contributed by atoms with Crippen LogP contribution in [0.5, 0.6) is 0 Å². The number of hydrogen-bond acceptors (Lipinski definition) is 5. The Morgan fingerprint density at radius 1 is 1.31 bits per heavy atom. The van der Waals surface area contributed by atoms with Crippen LogP contribution in [0.2, 0.25) is 0 Å². The molecule has 0 aromatic carbocycles. The first-order valence-corrected chi connectivity index (χ1v) is 9.15. The smallest absolute Gasteiger partial charge is 0.227 e. The molecular weight excluding hydrogens is 326 g/mol. The standard InChI is InChI=1S/C20H27N5O/c1-20(2,3)19(26)25-10-6-8-15(13-25)16-11-17(21-4)24-18(23-16)14-7-5-9-22-12-14/h5,7,9,11-12,15H,6,8,10,13H2,1-4H3,(H,21,23,24)/t15-/m1/s1. The molecule has 1 atom stereocenters.